The molecule has 1 saturated carbocycles. The van der Waals surface area contributed by atoms with E-state index >= 15 is 0 Å². The Balaban J connectivity index is 1.35. The lowest BCUT2D eigenvalue weighted by molar-refractivity contribution is 0.278. The zero-order chi connectivity index (χ0) is 20.4. The monoisotopic (exact) mass is 411 g/mol. The Morgan fingerprint density at radius 3 is 2.97 bits per heavy atom. The summed E-state index contributed by atoms with van der Waals surface area (Å²) < 4.78 is 7.23. The Morgan fingerprint density at radius 1 is 1.34 bits per heavy atom. The maximum Gasteiger partial charge on any atom is 0.290 e. The molecule has 152 valence electrons. The van der Waals surface area contributed by atoms with Crippen molar-refractivity contribution < 1.29 is 4.74 Å². The number of rotatable bonds is 7. The van der Waals surface area contributed by atoms with Crippen LogP contribution < -0.4 is 15.6 Å². The summed E-state index contributed by atoms with van der Waals surface area (Å²) in [5.74, 6) is 1.34. The molecule has 0 radical (unpaired) electrons. The lowest BCUT2D eigenvalue weighted by atomic mass is 10.2. The summed E-state index contributed by atoms with van der Waals surface area (Å²) in [6, 6.07) is 5.88. The molecule has 29 heavy (non-hydrogen) atoms. The molecule has 2 aliphatic rings. The quantitative estimate of drug-likeness (QED) is 0.754. The molecule has 0 saturated heterocycles. The van der Waals surface area contributed by atoms with Gasteiger partial charge in [0.1, 0.15) is 5.69 Å². The van der Waals surface area contributed by atoms with E-state index in [4.69, 9.17) is 4.74 Å². The predicted molar refractivity (Wildman–Crippen MR) is 117 cm³/mol. The number of nitrogens with one attached hydrogen (secondary N) is 1. The Kier molecular flexibility index (Phi) is 5.71. The molecule has 0 unspecified atom stereocenters. The first kappa shape index (κ1) is 19.7. The third-order valence-corrected chi connectivity index (χ3v) is 6.09. The van der Waals surface area contributed by atoms with Crippen LogP contribution in [0.5, 0.6) is 5.88 Å². The average molecular weight is 412 g/mol. The van der Waals surface area contributed by atoms with Gasteiger partial charge in [0.2, 0.25) is 5.88 Å². The van der Waals surface area contributed by atoms with Crippen LogP contribution in [-0.2, 0) is 7.05 Å². The van der Waals surface area contributed by atoms with E-state index in [2.05, 4.69) is 38.6 Å². The van der Waals surface area contributed by atoms with Gasteiger partial charge in [0, 0.05) is 48.3 Å². The van der Waals surface area contributed by atoms with Crippen LogP contribution in [0.1, 0.15) is 30.5 Å². The van der Waals surface area contributed by atoms with Gasteiger partial charge in [0.05, 0.1) is 18.2 Å². The number of nitrogens with zero attached hydrogens (tertiary/aromatic N) is 4. The highest BCUT2D eigenvalue weighted by molar-refractivity contribution is 8.17. The van der Waals surface area contributed by atoms with Crippen LogP contribution >= 0.6 is 11.8 Å². The van der Waals surface area contributed by atoms with Gasteiger partial charge in [-0.15, -0.1) is 5.10 Å². The second-order valence-corrected chi connectivity index (χ2v) is 8.80. The first-order valence-corrected chi connectivity index (χ1v) is 10.6. The Morgan fingerprint density at radius 2 is 2.21 bits per heavy atom. The third-order valence-electron chi connectivity index (χ3n) is 5.09. The van der Waals surface area contributed by atoms with Gasteiger partial charge in [-0.3, -0.25) is 14.8 Å². The lowest BCUT2D eigenvalue weighted by Gasteiger charge is -2.14. The first-order chi connectivity index (χ1) is 14.0. The van der Waals surface area contributed by atoms with Gasteiger partial charge in [-0.05, 0) is 31.9 Å². The summed E-state index contributed by atoms with van der Waals surface area (Å²) in [6.45, 7) is 5.88. The number of hydrogen-bond acceptors (Lipinski definition) is 7. The van der Waals surface area contributed by atoms with Crippen LogP contribution in [0, 0.1) is 12.8 Å². The molecule has 0 amide bonds. The second-order valence-electron chi connectivity index (χ2n) is 7.48. The minimum absolute atomic E-state index is 0.169. The fourth-order valence-electron chi connectivity index (χ4n) is 3.29. The van der Waals surface area contributed by atoms with Gasteiger partial charge >= 0.3 is 0 Å². The molecule has 1 N–H and O–H groups in total. The number of hydrogen-bond donors (Lipinski definition) is 1. The summed E-state index contributed by atoms with van der Waals surface area (Å²) in [4.78, 5) is 22.4. The van der Waals surface area contributed by atoms with Gasteiger partial charge in [-0.2, -0.15) is 0 Å². The molecule has 0 aromatic carbocycles. The molecule has 0 spiro atoms. The normalized spacial score (nSPS) is 20.7. The van der Waals surface area contributed by atoms with E-state index in [0.717, 1.165) is 22.1 Å². The van der Waals surface area contributed by atoms with Crippen LogP contribution in [0.25, 0.3) is 0 Å². The fourth-order valence-corrected chi connectivity index (χ4v) is 4.11. The Bertz CT molecular complexity index is 1010. The zero-order valence-corrected chi connectivity index (χ0v) is 17.7. The molecule has 2 atom stereocenters. The molecule has 8 heteroatoms. The maximum atomic E-state index is 12.4. The van der Waals surface area contributed by atoms with Crippen molar-refractivity contribution >= 4 is 22.5 Å². The molecule has 2 aromatic rings. The Hall–Kier alpha value is -2.61. The van der Waals surface area contributed by atoms with E-state index in [1.165, 1.54) is 10.2 Å². The number of aromatic nitrogens is 3. The molecule has 1 fully saturated rings. The SMILES string of the molecule is CC1=NCC=C(CNc2cc(OC[C@H]3C[C@@H]3c3ccc(C)cn3)nn(C)c2=O)S1. The smallest absolute Gasteiger partial charge is 0.290 e. The first-order valence-electron chi connectivity index (χ1n) is 9.75. The van der Waals surface area contributed by atoms with Crippen molar-refractivity contribution in [1.82, 2.24) is 14.8 Å². The standard InChI is InChI=1S/C21H25N5O2S/c1-13-4-5-18(23-10-13)17-8-15(17)12-28-20-9-19(21(27)26(3)25-20)24-11-16-6-7-22-14(2)29-16/h4-6,9-10,15,17,24H,7-8,11-12H2,1-3H3/t15-,17+/m1/s1. The van der Waals surface area contributed by atoms with Gasteiger partial charge < -0.3 is 10.1 Å². The van der Waals surface area contributed by atoms with Crippen LogP contribution in [0.3, 0.4) is 0 Å². The average Bonchev–Trinajstić information content (AvgIpc) is 3.48. The molecule has 4 rings (SSSR count). The summed E-state index contributed by atoms with van der Waals surface area (Å²) in [5, 5.41) is 8.50. The van der Waals surface area contributed by atoms with E-state index in [0.29, 0.717) is 43.1 Å². The van der Waals surface area contributed by atoms with Crippen molar-refractivity contribution in [2.24, 2.45) is 18.0 Å². The molecular weight excluding hydrogens is 386 g/mol. The van der Waals surface area contributed by atoms with Crippen LogP contribution in [0.4, 0.5) is 5.69 Å². The highest BCUT2D eigenvalue weighted by atomic mass is 32.2. The van der Waals surface area contributed by atoms with E-state index < -0.39 is 0 Å². The highest BCUT2D eigenvalue weighted by Gasteiger charge is 2.40. The predicted octanol–water partition coefficient (Wildman–Crippen LogP) is 3.13. The summed E-state index contributed by atoms with van der Waals surface area (Å²) in [7, 11) is 1.64. The van der Waals surface area contributed by atoms with E-state index in [9.17, 15) is 4.79 Å². The van der Waals surface area contributed by atoms with Gasteiger partial charge in [0.15, 0.2) is 0 Å². The number of aliphatic imine (C=N–C) groups is 1. The largest absolute Gasteiger partial charge is 0.476 e. The second kappa shape index (κ2) is 8.41. The van der Waals surface area contributed by atoms with Crippen LogP contribution in [-0.4, -0.2) is 39.5 Å². The van der Waals surface area contributed by atoms with Crippen molar-refractivity contribution in [2.45, 2.75) is 26.2 Å². The lowest BCUT2D eigenvalue weighted by Crippen LogP contribution is -2.24. The topological polar surface area (TPSA) is 81.4 Å². The van der Waals surface area contributed by atoms with Crippen molar-refractivity contribution in [3.05, 3.63) is 57.0 Å². The highest BCUT2D eigenvalue weighted by Crippen LogP contribution is 2.46. The molecule has 0 bridgehead atoms. The number of aryl methyl sites for hydroxylation is 2. The minimum Gasteiger partial charge on any atom is -0.476 e. The maximum absolute atomic E-state index is 12.4. The van der Waals surface area contributed by atoms with Gasteiger partial charge in [0.25, 0.3) is 5.56 Å². The Labute approximate surface area is 174 Å². The zero-order valence-electron chi connectivity index (χ0n) is 16.9. The molecule has 7 nitrogen and oxygen atoms in total. The minimum atomic E-state index is -0.169. The molecule has 3 heterocycles. The number of anilines is 1. The van der Waals surface area contributed by atoms with Gasteiger partial charge in [-0.25, -0.2) is 4.68 Å². The van der Waals surface area contributed by atoms with Crippen LogP contribution in [0.2, 0.25) is 0 Å². The summed E-state index contributed by atoms with van der Waals surface area (Å²) >= 11 is 1.63. The van der Waals surface area contributed by atoms with Crippen molar-refractivity contribution in [3.63, 3.8) is 0 Å². The third kappa shape index (κ3) is 4.87. The molecular formula is C21H25N5O2S. The van der Waals surface area contributed by atoms with Crippen LogP contribution in [0.15, 0.2) is 45.2 Å². The van der Waals surface area contributed by atoms with Crippen molar-refractivity contribution in [2.75, 3.05) is 25.0 Å². The van der Waals surface area contributed by atoms with E-state index in [1.54, 1.807) is 24.9 Å². The molecule has 2 aromatic heterocycles. The number of pyridine rings is 1. The fraction of sp³-hybridized carbons (Fsp3) is 0.429. The van der Waals surface area contributed by atoms with Crippen molar-refractivity contribution in [1.29, 1.82) is 0 Å². The van der Waals surface area contributed by atoms with E-state index in [-0.39, 0.29) is 5.56 Å². The number of ether oxygens (including phenoxy) is 1. The van der Waals surface area contributed by atoms with E-state index in [1.807, 2.05) is 20.0 Å². The molecule has 1 aliphatic carbocycles. The summed E-state index contributed by atoms with van der Waals surface area (Å²) in [5.41, 5.74) is 2.61. The molecule has 1 aliphatic heterocycles. The number of thioether (sulfide) groups is 1. The van der Waals surface area contributed by atoms with Crippen molar-refractivity contribution in [3.8, 4) is 5.88 Å². The van der Waals surface area contributed by atoms with Gasteiger partial charge in [-0.1, -0.05) is 23.9 Å². The summed E-state index contributed by atoms with van der Waals surface area (Å²) in [6.07, 6.45) is 5.05.